The van der Waals surface area contributed by atoms with Crippen molar-refractivity contribution in [2.75, 3.05) is 36.5 Å². The standard InChI is InChI=1S/C23H21FN8O2/c24-17-1-2-18-20(14-7-19(14)34-18)16(17)11-28-23-27-10-15(21-30-29-12-32(21)23)13-8-25-22(26-9-13)31-3-5-33-6-4-31/h1-2,8-10,12,14,19H,3-7,11H2,(H,27,28)/t14-,19?/m0/s1. The SMILES string of the molecule is Fc1ccc2c(c1CNc1ncc(-c3cnc(N4CCOCC4)nc3)c3nncn13)[C@H]1CC1O2. The van der Waals surface area contributed by atoms with Gasteiger partial charge in [-0.15, -0.1) is 10.2 Å². The second-order valence-corrected chi connectivity index (χ2v) is 8.68. The first-order chi connectivity index (χ1) is 16.8. The highest BCUT2D eigenvalue weighted by Gasteiger charge is 2.49. The van der Waals surface area contributed by atoms with E-state index >= 15 is 0 Å². The maximum Gasteiger partial charge on any atom is 0.225 e. The minimum absolute atomic E-state index is 0.203. The molecule has 1 unspecified atom stereocenters. The van der Waals surface area contributed by atoms with Crippen LogP contribution in [0.25, 0.3) is 16.8 Å². The molecular weight excluding hydrogens is 439 g/mol. The van der Waals surface area contributed by atoms with Gasteiger partial charge in [0.15, 0.2) is 5.65 Å². The van der Waals surface area contributed by atoms with Gasteiger partial charge in [0.25, 0.3) is 0 Å². The number of morpholine rings is 1. The van der Waals surface area contributed by atoms with Crippen LogP contribution in [-0.4, -0.2) is 62.0 Å². The molecule has 0 bridgehead atoms. The Bertz CT molecular complexity index is 1390. The van der Waals surface area contributed by atoms with Crippen molar-refractivity contribution in [3.63, 3.8) is 0 Å². The Morgan fingerprint density at radius 1 is 1.09 bits per heavy atom. The predicted molar refractivity (Wildman–Crippen MR) is 120 cm³/mol. The number of aromatic nitrogens is 6. The number of ether oxygens (including phenoxy) is 2. The van der Waals surface area contributed by atoms with Crippen LogP contribution in [0.5, 0.6) is 5.75 Å². The van der Waals surface area contributed by atoms with Gasteiger partial charge in [-0.2, -0.15) is 0 Å². The molecule has 7 rings (SSSR count). The summed E-state index contributed by atoms with van der Waals surface area (Å²) in [7, 11) is 0. The number of hydrogen-bond donors (Lipinski definition) is 1. The Balaban J connectivity index is 1.16. The Kier molecular flexibility index (Phi) is 4.37. The van der Waals surface area contributed by atoms with Crippen LogP contribution in [0.15, 0.2) is 37.1 Å². The smallest absolute Gasteiger partial charge is 0.225 e. The molecule has 0 radical (unpaired) electrons. The fourth-order valence-corrected chi connectivity index (χ4v) is 4.78. The molecule has 2 atom stereocenters. The quantitative estimate of drug-likeness (QED) is 0.481. The zero-order valence-corrected chi connectivity index (χ0v) is 18.2. The Morgan fingerprint density at radius 3 is 2.79 bits per heavy atom. The monoisotopic (exact) mass is 460 g/mol. The van der Waals surface area contributed by atoms with Gasteiger partial charge in [-0.1, -0.05) is 0 Å². The largest absolute Gasteiger partial charge is 0.489 e. The first-order valence-electron chi connectivity index (χ1n) is 11.3. The van der Waals surface area contributed by atoms with E-state index in [1.807, 2.05) is 0 Å². The van der Waals surface area contributed by atoms with Gasteiger partial charge < -0.3 is 19.7 Å². The fraction of sp³-hybridized carbons (Fsp3) is 0.348. The highest BCUT2D eigenvalue weighted by atomic mass is 19.1. The number of benzene rings is 1. The topological polar surface area (TPSA) is 103 Å². The lowest BCUT2D eigenvalue weighted by atomic mass is 10.0. The maximum absolute atomic E-state index is 14.7. The van der Waals surface area contributed by atoms with Gasteiger partial charge in [0.1, 0.15) is 24.0 Å². The van der Waals surface area contributed by atoms with Gasteiger partial charge >= 0.3 is 0 Å². The van der Waals surface area contributed by atoms with Crippen LogP contribution in [0.3, 0.4) is 0 Å². The summed E-state index contributed by atoms with van der Waals surface area (Å²) in [6.07, 6.45) is 8.00. The van der Waals surface area contributed by atoms with Crippen LogP contribution in [0.2, 0.25) is 0 Å². The molecule has 2 aliphatic heterocycles. The summed E-state index contributed by atoms with van der Waals surface area (Å²) >= 11 is 0. The molecule has 1 saturated heterocycles. The van der Waals surface area contributed by atoms with Crippen LogP contribution >= 0.6 is 0 Å². The van der Waals surface area contributed by atoms with Gasteiger partial charge in [0, 0.05) is 66.4 Å². The molecule has 34 heavy (non-hydrogen) atoms. The molecule has 3 aromatic heterocycles. The molecule has 4 aromatic rings. The average molecular weight is 460 g/mol. The van der Waals surface area contributed by atoms with Gasteiger partial charge in [0.05, 0.1) is 13.2 Å². The van der Waals surface area contributed by atoms with Crippen LogP contribution in [0.1, 0.15) is 23.5 Å². The number of anilines is 2. The van der Waals surface area contributed by atoms with E-state index in [9.17, 15) is 4.39 Å². The maximum atomic E-state index is 14.7. The van der Waals surface area contributed by atoms with E-state index in [0.29, 0.717) is 48.8 Å². The molecule has 1 aliphatic carbocycles. The molecule has 2 fully saturated rings. The van der Waals surface area contributed by atoms with E-state index < -0.39 is 0 Å². The Labute approximate surface area is 193 Å². The predicted octanol–water partition coefficient (Wildman–Crippen LogP) is 2.42. The molecule has 5 heterocycles. The van der Waals surface area contributed by atoms with E-state index in [-0.39, 0.29) is 11.9 Å². The summed E-state index contributed by atoms with van der Waals surface area (Å²) in [5, 5.41) is 11.6. The number of halogens is 1. The van der Waals surface area contributed by atoms with E-state index in [1.165, 1.54) is 6.07 Å². The molecule has 0 spiro atoms. The lowest BCUT2D eigenvalue weighted by Crippen LogP contribution is -2.37. The lowest BCUT2D eigenvalue weighted by Gasteiger charge is -2.26. The highest BCUT2D eigenvalue weighted by molar-refractivity contribution is 5.76. The first kappa shape index (κ1) is 19.6. The molecule has 1 saturated carbocycles. The van der Waals surface area contributed by atoms with Crippen molar-refractivity contribution in [2.24, 2.45) is 0 Å². The zero-order chi connectivity index (χ0) is 22.6. The van der Waals surface area contributed by atoms with E-state index in [2.05, 4.69) is 35.4 Å². The van der Waals surface area contributed by atoms with Crippen molar-refractivity contribution >= 4 is 17.5 Å². The summed E-state index contributed by atoms with van der Waals surface area (Å²) < 4.78 is 27.7. The highest BCUT2D eigenvalue weighted by Crippen LogP contribution is 2.55. The van der Waals surface area contributed by atoms with Crippen LogP contribution in [0, 0.1) is 5.82 Å². The molecular formula is C23H21FN8O2. The third kappa shape index (κ3) is 3.15. The van der Waals surface area contributed by atoms with Crippen molar-refractivity contribution in [2.45, 2.75) is 25.0 Å². The molecule has 172 valence electrons. The summed E-state index contributed by atoms with van der Waals surface area (Å²) in [6, 6.07) is 3.18. The zero-order valence-electron chi connectivity index (χ0n) is 18.2. The second-order valence-electron chi connectivity index (χ2n) is 8.68. The van der Waals surface area contributed by atoms with Gasteiger partial charge in [-0.05, 0) is 18.6 Å². The van der Waals surface area contributed by atoms with Crippen molar-refractivity contribution < 1.29 is 13.9 Å². The Hall–Kier alpha value is -3.86. The number of fused-ring (bicyclic) bond motifs is 4. The lowest BCUT2D eigenvalue weighted by molar-refractivity contribution is 0.122. The number of hydrogen-bond acceptors (Lipinski definition) is 9. The average Bonchev–Trinajstić information content (AvgIpc) is 3.29. The number of rotatable bonds is 5. The summed E-state index contributed by atoms with van der Waals surface area (Å²) in [6.45, 7) is 3.18. The molecule has 11 heteroatoms. The number of nitrogens with zero attached hydrogens (tertiary/aromatic N) is 7. The normalized spacial score (nSPS) is 20.7. The van der Waals surface area contributed by atoms with Gasteiger partial charge in [-0.25, -0.2) is 19.3 Å². The minimum Gasteiger partial charge on any atom is -0.489 e. The number of nitrogens with one attached hydrogen (secondary N) is 1. The van der Waals surface area contributed by atoms with Crippen molar-refractivity contribution in [3.05, 3.63) is 54.0 Å². The fourth-order valence-electron chi connectivity index (χ4n) is 4.78. The summed E-state index contributed by atoms with van der Waals surface area (Å²) in [4.78, 5) is 15.7. The van der Waals surface area contributed by atoms with E-state index in [4.69, 9.17) is 9.47 Å². The van der Waals surface area contributed by atoms with E-state index in [1.54, 1.807) is 35.4 Å². The Morgan fingerprint density at radius 2 is 1.94 bits per heavy atom. The molecule has 1 N–H and O–H groups in total. The molecule has 1 aromatic carbocycles. The second kappa shape index (κ2) is 7.59. The molecule has 10 nitrogen and oxygen atoms in total. The molecule has 0 amide bonds. The van der Waals surface area contributed by atoms with Crippen LogP contribution < -0.4 is 15.0 Å². The van der Waals surface area contributed by atoms with Crippen LogP contribution in [0.4, 0.5) is 16.3 Å². The van der Waals surface area contributed by atoms with Crippen molar-refractivity contribution in [1.82, 2.24) is 29.5 Å². The third-order valence-electron chi connectivity index (χ3n) is 6.64. The summed E-state index contributed by atoms with van der Waals surface area (Å²) in [5.41, 5.74) is 3.77. The first-order valence-corrected chi connectivity index (χ1v) is 11.3. The van der Waals surface area contributed by atoms with E-state index in [0.717, 1.165) is 42.0 Å². The summed E-state index contributed by atoms with van der Waals surface area (Å²) in [5.74, 6) is 2.05. The van der Waals surface area contributed by atoms with Crippen LogP contribution in [-0.2, 0) is 11.3 Å². The van der Waals surface area contributed by atoms with Crippen molar-refractivity contribution in [1.29, 1.82) is 0 Å². The third-order valence-corrected chi connectivity index (χ3v) is 6.64. The van der Waals surface area contributed by atoms with Gasteiger partial charge in [-0.3, -0.25) is 4.40 Å². The van der Waals surface area contributed by atoms with Crippen molar-refractivity contribution in [3.8, 4) is 16.9 Å². The van der Waals surface area contributed by atoms with Gasteiger partial charge in [0.2, 0.25) is 11.9 Å². The minimum atomic E-state index is -0.239. The molecule has 3 aliphatic rings.